The van der Waals surface area contributed by atoms with Gasteiger partial charge in [0.2, 0.25) is 5.91 Å². The van der Waals surface area contributed by atoms with Crippen molar-refractivity contribution in [2.45, 2.75) is 111 Å². The summed E-state index contributed by atoms with van der Waals surface area (Å²) in [4.78, 5) is 46.3. The lowest BCUT2D eigenvalue weighted by molar-refractivity contribution is -0.127. The number of nitrogens with one attached hydrogen (secondary N) is 1. The molecule has 2 aliphatic rings. The number of fused-ring (bicyclic) bond motifs is 1. The van der Waals surface area contributed by atoms with Crippen LogP contribution in [-0.4, -0.2) is 68.9 Å². The number of carbonyl (C=O) groups excluding carboxylic acids is 3. The van der Waals surface area contributed by atoms with Gasteiger partial charge in [0.1, 0.15) is 11.4 Å². The van der Waals surface area contributed by atoms with E-state index >= 15 is 0 Å². The maximum atomic E-state index is 14.1. The minimum absolute atomic E-state index is 0.0884. The Morgan fingerprint density at radius 1 is 0.960 bits per heavy atom. The molecular weight excluding hydrogens is 647 g/mol. The normalized spacial score (nSPS) is 15.1. The van der Waals surface area contributed by atoms with Gasteiger partial charge in [-0.3, -0.25) is 10.1 Å². The smallest absolute Gasteiger partial charge is 0.413 e. The van der Waals surface area contributed by atoms with Crippen molar-refractivity contribution >= 4 is 43.9 Å². The number of alkyl carbamates (subject to hydrolysis) is 1. The van der Waals surface area contributed by atoms with Gasteiger partial charge < -0.3 is 18.8 Å². The minimum Gasteiger partial charge on any atom is -0.462 e. The zero-order valence-electron chi connectivity index (χ0n) is 31.6. The van der Waals surface area contributed by atoms with E-state index in [1.807, 2.05) is 41.3 Å². The van der Waals surface area contributed by atoms with Gasteiger partial charge in [-0.15, -0.1) is 0 Å². The number of hydrogen-bond donors (Lipinski definition) is 1. The van der Waals surface area contributed by atoms with E-state index in [0.29, 0.717) is 54.9 Å². The molecule has 50 heavy (non-hydrogen) atoms. The summed E-state index contributed by atoms with van der Waals surface area (Å²) in [6, 6.07) is 13.2. The van der Waals surface area contributed by atoms with Crippen molar-refractivity contribution in [3.63, 3.8) is 0 Å². The number of ether oxygens (including phenoxy) is 2. The molecule has 1 heterocycles. The van der Waals surface area contributed by atoms with Gasteiger partial charge in [-0.05, 0) is 106 Å². The monoisotopic (exact) mass is 703 g/mol. The molecule has 10 heteroatoms. The van der Waals surface area contributed by atoms with Crippen molar-refractivity contribution in [3.8, 4) is 11.1 Å². The lowest BCUT2D eigenvalue weighted by Crippen LogP contribution is -2.42. The van der Waals surface area contributed by atoms with Crippen LogP contribution in [0.25, 0.3) is 17.2 Å². The van der Waals surface area contributed by atoms with E-state index in [9.17, 15) is 14.4 Å². The third-order valence-corrected chi connectivity index (χ3v) is 14.2. The van der Waals surface area contributed by atoms with E-state index in [4.69, 9.17) is 18.9 Å². The molecule has 272 valence electrons. The summed E-state index contributed by atoms with van der Waals surface area (Å²) >= 11 is 0. The number of nitrogens with zero attached hydrogens (tertiary/aromatic N) is 2. The van der Waals surface area contributed by atoms with Crippen LogP contribution < -0.4 is 5.32 Å². The number of esters is 1. The summed E-state index contributed by atoms with van der Waals surface area (Å²) in [7, 11) is -1.89. The van der Waals surface area contributed by atoms with Crippen LogP contribution in [-0.2, 0) is 18.7 Å². The third kappa shape index (κ3) is 10.9. The molecule has 1 aliphatic carbocycles. The number of aliphatic imine (C=N–C) groups is 1. The molecule has 0 unspecified atom stereocenters. The Hall–Kier alpha value is -3.76. The quantitative estimate of drug-likeness (QED) is 0.134. The highest BCUT2D eigenvalue weighted by molar-refractivity contribution is 6.74. The number of rotatable bonds is 12. The van der Waals surface area contributed by atoms with E-state index in [2.05, 4.69) is 46.1 Å². The van der Waals surface area contributed by atoms with Gasteiger partial charge >= 0.3 is 12.1 Å². The van der Waals surface area contributed by atoms with Crippen molar-refractivity contribution in [1.82, 2.24) is 10.2 Å². The SMILES string of the molecule is CCCN(CCCO[Si](C)(C)C(C)(C)C)C(=O)C1=Cc2ccc(-c3ccc(C(=O)OCC4CCC4)cc3)cc2N=C(NC(=O)OC(C)(C)C)C1. The third-order valence-electron chi connectivity index (χ3n) is 9.64. The second kappa shape index (κ2) is 16.5. The fraction of sp³-hybridized carbons (Fsp3) is 0.550. The van der Waals surface area contributed by atoms with Crippen LogP contribution >= 0.6 is 0 Å². The van der Waals surface area contributed by atoms with Gasteiger partial charge in [0.25, 0.3) is 0 Å². The molecule has 0 saturated heterocycles. The lowest BCUT2D eigenvalue weighted by Gasteiger charge is -2.36. The molecule has 1 aliphatic heterocycles. The lowest BCUT2D eigenvalue weighted by atomic mass is 9.86. The van der Waals surface area contributed by atoms with Crippen molar-refractivity contribution in [3.05, 3.63) is 59.2 Å². The summed E-state index contributed by atoms with van der Waals surface area (Å²) < 4.78 is 17.4. The number of carbonyl (C=O) groups is 3. The highest BCUT2D eigenvalue weighted by atomic mass is 28.4. The molecule has 0 spiro atoms. The molecule has 0 bridgehead atoms. The van der Waals surface area contributed by atoms with E-state index in [0.717, 1.165) is 42.4 Å². The Morgan fingerprint density at radius 3 is 2.24 bits per heavy atom. The van der Waals surface area contributed by atoms with Crippen molar-refractivity contribution in [1.29, 1.82) is 0 Å². The fourth-order valence-electron chi connectivity index (χ4n) is 5.50. The zero-order valence-corrected chi connectivity index (χ0v) is 32.6. The van der Waals surface area contributed by atoms with Gasteiger partial charge in [-0.2, -0.15) is 0 Å². The Kier molecular flexibility index (Phi) is 12.9. The van der Waals surface area contributed by atoms with E-state index in [1.54, 1.807) is 32.9 Å². The predicted molar refractivity (Wildman–Crippen MR) is 203 cm³/mol. The van der Waals surface area contributed by atoms with E-state index in [-0.39, 0.29) is 23.3 Å². The van der Waals surface area contributed by atoms with Crippen molar-refractivity contribution in [2.75, 3.05) is 26.3 Å². The van der Waals surface area contributed by atoms with Crippen LogP contribution in [0.15, 0.2) is 53.0 Å². The summed E-state index contributed by atoms with van der Waals surface area (Å²) in [6.07, 6.45) is 6.39. The summed E-state index contributed by atoms with van der Waals surface area (Å²) in [5, 5.41) is 2.93. The first-order valence-electron chi connectivity index (χ1n) is 18.1. The molecule has 2 aromatic carbocycles. The van der Waals surface area contributed by atoms with E-state index in [1.165, 1.54) is 6.42 Å². The van der Waals surface area contributed by atoms with Crippen LogP contribution in [0.1, 0.15) is 103 Å². The maximum absolute atomic E-state index is 14.1. The first-order chi connectivity index (χ1) is 23.5. The van der Waals surface area contributed by atoms with Gasteiger partial charge in [0, 0.05) is 37.3 Å². The van der Waals surface area contributed by atoms with Crippen LogP contribution in [0.2, 0.25) is 18.1 Å². The van der Waals surface area contributed by atoms with E-state index < -0.39 is 20.0 Å². The van der Waals surface area contributed by atoms with Gasteiger partial charge in [0.05, 0.1) is 17.9 Å². The van der Waals surface area contributed by atoms with Gasteiger partial charge in [0.15, 0.2) is 8.32 Å². The maximum Gasteiger partial charge on any atom is 0.413 e. The standard InChI is InChI=1S/C40H57N3O6Si/c1-10-21-43(22-12-23-48-50(8,9)40(5,6)7)36(44)33-24-32-20-19-31(25-34(32)41-35(26-33)42-38(46)49-39(2,3)4)29-15-17-30(18-16-29)37(45)47-27-28-13-11-14-28/h15-20,24-25,28H,10-14,21-23,26-27H2,1-9H3,(H,41,42,46). The Labute approximate surface area is 300 Å². The minimum atomic E-state index is -1.89. The molecule has 0 aromatic heterocycles. The molecule has 1 N–H and O–H groups in total. The Bertz CT molecular complexity index is 1580. The number of amides is 2. The molecule has 2 amide bonds. The average molecular weight is 704 g/mol. The Morgan fingerprint density at radius 2 is 1.64 bits per heavy atom. The molecule has 0 radical (unpaired) electrons. The number of amidine groups is 1. The molecule has 1 saturated carbocycles. The second-order valence-electron chi connectivity index (χ2n) is 16.0. The van der Waals surface area contributed by atoms with Crippen LogP contribution in [0.3, 0.4) is 0 Å². The molecular formula is C40H57N3O6Si. The molecule has 2 aromatic rings. The number of benzene rings is 2. The van der Waals surface area contributed by atoms with Crippen molar-refractivity contribution in [2.24, 2.45) is 10.9 Å². The first kappa shape index (κ1) is 39.0. The molecule has 9 nitrogen and oxygen atoms in total. The Balaban J connectivity index is 1.57. The topological polar surface area (TPSA) is 107 Å². The zero-order chi connectivity index (χ0) is 36.7. The summed E-state index contributed by atoms with van der Waals surface area (Å²) in [5.74, 6) is 0.418. The summed E-state index contributed by atoms with van der Waals surface area (Å²) in [5.41, 5.74) is 3.52. The molecule has 4 rings (SSSR count). The highest BCUT2D eigenvalue weighted by Crippen LogP contribution is 2.37. The first-order valence-corrected chi connectivity index (χ1v) is 21.0. The highest BCUT2D eigenvalue weighted by Gasteiger charge is 2.37. The summed E-state index contributed by atoms with van der Waals surface area (Å²) in [6.45, 7) is 20.9. The second-order valence-corrected chi connectivity index (χ2v) is 20.8. The molecule has 0 atom stereocenters. The van der Waals surface area contributed by atoms with Crippen LogP contribution in [0.5, 0.6) is 0 Å². The van der Waals surface area contributed by atoms with Crippen LogP contribution in [0.4, 0.5) is 10.5 Å². The fourth-order valence-corrected chi connectivity index (χ4v) is 6.59. The predicted octanol–water partition coefficient (Wildman–Crippen LogP) is 9.30. The number of hydrogen-bond acceptors (Lipinski definition) is 7. The molecule has 1 fully saturated rings. The van der Waals surface area contributed by atoms with Crippen LogP contribution in [0, 0.1) is 5.92 Å². The van der Waals surface area contributed by atoms with Gasteiger partial charge in [-0.25, -0.2) is 14.6 Å². The van der Waals surface area contributed by atoms with Gasteiger partial charge in [-0.1, -0.05) is 58.4 Å². The largest absolute Gasteiger partial charge is 0.462 e. The average Bonchev–Trinajstić information content (AvgIpc) is 3.18. The van der Waals surface area contributed by atoms with Crippen molar-refractivity contribution < 1.29 is 28.3 Å².